The van der Waals surface area contributed by atoms with Gasteiger partial charge in [-0.2, -0.15) is 0 Å². The van der Waals surface area contributed by atoms with Crippen molar-refractivity contribution in [3.05, 3.63) is 23.9 Å². The summed E-state index contributed by atoms with van der Waals surface area (Å²) >= 11 is 0. The van der Waals surface area contributed by atoms with Crippen LogP contribution in [0.5, 0.6) is 0 Å². The molecule has 20 heavy (non-hydrogen) atoms. The minimum absolute atomic E-state index is 0.122. The summed E-state index contributed by atoms with van der Waals surface area (Å²) in [5.41, 5.74) is 1.32. The summed E-state index contributed by atoms with van der Waals surface area (Å²) in [5, 5.41) is 13.2. The van der Waals surface area contributed by atoms with E-state index < -0.39 is 0 Å². The maximum atomic E-state index is 9.78. The number of aliphatic hydroxyl groups excluding tert-OH is 1. The lowest BCUT2D eigenvalue weighted by atomic mass is 9.97. The van der Waals surface area contributed by atoms with Gasteiger partial charge in [-0.3, -0.25) is 0 Å². The highest BCUT2D eigenvalue weighted by atomic mass is 16.3. The van der Waals surface area contributed by atoms with Crippen molar-refractivity contribution < 1.29 is 5.11 Å². The molecule has 2 heterocycles. The van der Waals surface area contributed by atoms with Gasteiger partial charge in [0.2, 0.25) is 0 Å². The van der Waals surface area contributed by atoms with Crippen molar-refractivity contribution in [1.29, 1.82) is 0 Å². The van der Waals surface area contributed by atoms with Gasteiger partial charge in [-0.05, 0) is 44.7 Å². The van der Waals surface area contributed by atoms with Gasteiger partial charge < -0.3 is 15.3 Å². The molecule has 0 spiro atoms. The lowest BCUT2D eigenvalue weighted by Gasteiger charge is -2.35. The lowest BCUT2D eigenvalue weighted by Crippen LogP contribution is -2.42. The monoisotopic (exact) mass is 277 g/mol. The molecule has 2 atom stereocenters. The third-order valence-electron chi connectivity index (χ3n) is 3.82. The second kappa shape index (κ2) is 6.10. The summed E-state index contributed by atoms with van der Waals surface area (Å²) in [7, 11) is 0. The summed E-state index contributed by atoms with van der Waals surface area (Å²) < 4.78 is 0. The molecule has 0 aliphatic carbocycles. The number of aromatic nitrogens is 1. The number of rotatable bonds is 3. The van der Waals surface area contributed by atoms with Gasteiger partial charge in [0, 0.05) is 31.4 Å². The van der Waals surface area contributed by atoms with Crippen LogP contribution in [0.25, 0.3) is 0 Å². The van der Waals surface area contributed by atoms with Crippen LogP contribution in [0.15, 0.2) is 18.3 Å². The Bertz CT molecular complexity index is 424. The first-order valence-electron chi connectivity index (χ1n) is 7.48. The standard InChI is InChI=1S/C16H27N3O/c1-12-11-19(8-7-14(12)20)15-6-5-13(9-17-15)10-18-16(2,3)4/h5-6,9,12,14,18,20H,7-8,10-11H2,1-4H3. The van der Waals surface area contributed by atoms with Crippen molar-refractivity contribution >= 4 is 5.82 Å². The largest absolute Gasteiger partial charge is 0.393 e. The molecular weight excluding hydrogens is 250 g/mol. The quantitative estimate of drug-likeness (QED) is 0.889. The van der Waals surface area contributed by atoms with Crippen molar-refractivity contribution in [2.75, 3.05) is 18.0 Å². The number of aliphatic hydroxyl groups is 1. The van der Waals surface area contributed by atoms with E-state index >= 15 is 0 Å². The van der Waals surface area contributed by atoms with Crippen LogP contribution < -0.4 is 10.2 Å². The third-order valence-corrected chi connectivity index (χ3v) is 3.82. The van der Waals surface area contributed by atoms with Crippen LogP contribution >= 0.6 is 0 Å². The lowest BCUT2D eigenvalue weighted by molar-refractivity contribution is 0.0969. The van der Waals surface area contributed by atoms with E-state index in [0.29, 0.717) is 5.92 Å². The van der Waals surface area contributed by atoms with Gasteiger partial charge in [-0.1, -0.05) is 13.0 Å². The van der Waals surface area contributed by atoms with Crippen molar-refractivity contribution in [2.24, 2.45) is 5.92 Å². The van der Waals surface area contributed by atoms with Gasteiger partial charge in [-0.25, -0.2) is 4.98 Å². The van der Waals surface area contributed by atoms with Crippen LogP contribution in [0.2, 0.25) is 0 Å². The van der Waals surface area contributed by atoms with Gasteiger partial charge in [0.15, 0.2) is 0 Å². The van der Waals surface area contributed by atoms with E-state index in [-0.39, 0.29) is 11.6 Å². The predicted octanol–water partition coefficient (Wildman–Crippen LogP) is 2.18. The van der Waals surface area contributed by atoms with Gasteiger partial charge in [0.25, 0.3) is 0 Å². The van der Waals surface area contributed by atoms with Crippen LogP contribution in [0.1, 0.15) is 39.7 Å². The molecule has 1 aliphatic rings. The molecule has 0 radical (unpaired) electrons. The van der Waals surface area contributed by atoms with Gasteiger partial charge in [-0.15, -0.1) is 0 Å². The summed E-state index contributed by atoms with van der Waals surface area (Å²) in [6, 6.07) is 4.22. The van der Waals surface area contributed by atoms with Crippen LogP contribution in [0.4, 0.5) is 5.82 Å². The molecular formula is C16H27N3O. The molecule has 1 saturated heterocycles. The molecule has 1 fully saturated rings. The smallest absolute Gasteiger partial charge is 0.128 e. The molecule has 2 unspecified atom stereocenters. The second-order valence-corrected chi connectivity index (χ2v) is 6.91. The van der Waals surface area contributed by atoms with Gasteiger partial charge in [0.1, 0.15) is 5.82 Å². The zero-order valence-corrected chi connectivity index (χ0v) is 13.1. The minimum Gasteiger partial charge on any atom is -0.393 e. The molecule has 0 amide bonds. The maximum absolute atomic E-state index is 9.78. The average Bonchev–Trinajstić information content (AvgIpc) is 2.39. The zero-order valence-electron chi connectivity index (χ0n) is 13.1. The molecule has 1 aromatic heterocycles. The average molecular weight is 277 g/mol. The van der Waals surface area contributed by atoms with Crippen LogP contribution in [-0.2, 0) is 6.54 Å². The normalized spacial score (nSPS) is 23.9. The van der Waals surface area contributed by atoms with Crippen LogP contribution in [-0.4, -0.2) is 34.8 Å². The predicted molar refractivity (Wildman–Crippen MR) is 82.8 cm³/mol. The Morgan fingerprint density at radius 3 is 2.70 bits per heavy atom. The number of nitrogens with one attached hydrogen (secondary N) is 1. The highest BCUT2D eigenvalue weighted by Crippen LogP contribution is 2.21. The van der Waals surface area contributed by atoms with E-state index in [9.17, 15) is 5.11 Å². The summed E-state index contributed by atoms with van der Waals surface area (Å²) in [6.45, 7) is 11.2. The van der Waals surface area contributed by atoms with E-state index in [2.05, 4.69) is 55.0 Å². The Morgan fingerprint density at radius 1 is 1.40 bits per heavy atom. The molecule has 4 heteroatoms. The Hall–Kier alpha value is -1.13. The minimum atomic E-state index is -0.165. The molecule has 2 rings (SSSR count). The summed E-state index contributed by atoms with van der Waals surface area (Å²) in [4.78, 5) is 6.83. The van der Waals surface area contributed by atoms with Crippen molar-refractivity contribution in [1.82, 2.24) is 10.3 Å². The number of anilines is 1. The molecule has 0 aromatic carbocycles. The Morgan fingerprint density at radius 2 is 2.15 bits per heavy atom. The van der Waals surface area contributed by atoms with E-state index in [1.807, 2.05) is 6.20 Å². The van der Waals surface area contributed by atoms with Gasteiger partial charge in [0.05, 0.1) is 6.10 Å². The number of hydrogen-bond acceptors (Lipinski definition) is 4. The number of piperidine rings is 1. The van der Waals surface area contributed by atoms with E-state index in [1.54, 1.807) is 0 Å². The first kappa shape index (κ1) is 15.3. The fourth-order valence-electron chi connectivity index (χ4n) is 2.42. The van der Waals surface area contributed by atoms with E-state index in [1.165, 1.54) is 5.56 Å². The zero-order chi connectivity index (χ0) is 14.8. The summed E-state index contributed by atoms with van der Waals surface area (Å²) in [6.07, 6.45) is 2.61. The fraction of sp³-hybridized carbons (Fsp3) is 0.688. The van der Waals surface area contributed by atoms with Crippen LogP contribution in [0.3, 0.4) is 0 Å². The maximum Gasteiger partial charge on any atom is 0.128 e. The first-order valence-corrected chi connectivity index (χ1v) is 7.48. The SMILES string of the molecule is CC1CN(c2ccc(CNC(C)(C)C)cn2)CCC1O. The Balaban J connectivity index is 1.94. The number of pyridine rings is 1. The highest BCUT2D eigenvalue weighted by Gasteiger charge is 2.24. The molecule has 1 aromatic rings. The molecule has 0 bridgehead atoms. The first-order chi connectivity index (χ1) is 9.35. The van der Waals surface area contributed by atoms with Gasteiger partial charge >= 0.3 is 0 Å². The fourth-order valence-corrected chi connectivity index (χ4v) is 2.42. The number of nitrogens with zero attached hydrogens (tertiary/aromatic N) is 2. The molecule has 4 nitrogen and oxygen atoms in total. The van der Waals surface area contributed by atoms with E-state index in [4.69, 9.17) is 0 Å². The Labute approximate surface area is 122 Å². The van der Waals surface area contributed by atoms with E-state index in [0.717, 1.165) is 31.9 Å². The topological polar surface area (TPSA) is 48.4 Å². The molecule has 1 aliphatic heterocycles. The molecule has 2 N–H and O–H groups in total. The molecule has 112 valence electrons. The van der Waals surface area contributed by atoms with Crippen molar-refractivity contribution in [2.45, 2.75) is 52.3 Å². The summed E-state index contributed by atoms with van der Waals surface area (Å²) in [5.74, 6) is 1.33. The third kappa shape index (κ3) is 4.18. The Kier molecular flexibility index (Phi) is 4.66. The molecule has 0 saturated carbocycles. The van der Waals surface area contributed by atoms with Crippen molar-refractivity contribution in [3.8, 4) is 0 Å². The van der Waals surface area contributed by atoms with Crippen LogP contribution in [0, 0.1) is 5.92 Å². The number of hydrogen-bond donors (Lipinski definition) is 2. The second-order valence-electron chi connectivity index (χ2n) is 6.91. The van der Waals surface area contributed by atoms with Crippen molar-refractivity contribution in [3.63, 3.8) is 0 Å². The highest BCUT2D eigenvalue weighted by molar-refractivity contribution is 5.40.